The molecule has 2 N–H and O–H groups in total. The van der Waals surface area contributed by atoms with Crippen LogP contribution in [-0.4, -0.2) is 27.3 Å². The molecule has 0 atom stereocenters. The van der Waals surface area contributed by atoms with Gasteiger partial charge in [-0.1, -0.05) is 60.7 Å². The first-order chi connectivity index (χ1) is 19.6. The van der Waals surface area contributed by atoms with Crippen molar-refractivity contribution >= 4 is 50.8 Å². The minimum Gasteiger partial charge on any atom is -0.464 e. The Hall–Kier alpha value is -5.76. The maximum atomic E-state index is 11.9. The highest BCUT2D eigenvalue weighted by molar-refractivity contribution is 6.05. The number of pyridine rings is 2. The first-order valence-electron chi connectivity index (χ1n) is 12.4. The van der Waals surface area contributed by atoms with Gasteiger partial charge in [-0.15, -0.1) is 0 Å². The van der Waals surface area contributed by atoms with E-state index < -0.39 is 12.2 Å². The minimum absolute atomic E-state index is 0.506. The Labute approximate surface area is 230 Å². The van der Waals surface area contributed by atoms with Gasteiger partial charge < -0.3 is 9.84 Å². The second-order valence-electron chi connectivity index (χ2n) is 8.56. The molecular formula is C32H24N4O4. The Bertz CT molecular complexity index is 1750. The number of rotatable bonds is 4. The number of ether oxygens (including phenoxy) is 1. The Kier molecular flexibility index (Phi) is 7.88. The zero-order valence-electron chi connectivity index (χ0n) is 21.2. The van der Waals surface area contributed by atoms with Gasteiger partial charge in [0.2, 0.25) is 0 Å². The Morgan fingerprint density at radius 1 is 0.675 bits per heavy atom. The molecule has 2 heterocycles. The van der Waals surface area contributed by atoms with Crippen LogP contribution in [0.5, 0.6) is 5.75 Å². The number of para-hydroxylation sites is 2. The molecule has 0 saturated heterocycles. The van der Waals surface area contributed by atoms with Crippen molar-refractivity contribution in [1.29, 1.82) is 0 Å². The SMILES string of the molecule is O=C(Nc1cccc2cnccc12)Oc1ccccc1.O=C(O)N(c1ccccc1)c1cccc2cnccc12. The Morgan fingerprint density at radius 3 is 1.95 bits per heavy atom. The van der Waals surface area contributed by atoms with Crippen LogP contribution in [0.1, 0.15) is 0 Å². The van der Waals surface area contributed by atoms with E-state index in [1.54, 1.807) is 55.1 Å². The fourth-order valence-corrected chi connectivity index (χ4v) is 4.19. The summed E-state index contributed by atoms with van der Waals surface area (Å²) in [5.41, 5.74) is 1.94. The zero-order chi connectivity index (χ0) is 27.7. The molecule has 196 valence electrons. The van der Waals surface area contributed by atoms with Crippen molar-refractivity contribution in [3.05, 3.63) is 134 Å². The van der Waals surface area contributed by atoms with Gasteiger partial charge in [0.15, 0.2) is 0 Å². The first kappa shape index (κ1) is 25.9. The van der Waals surface area contributed by atoms with Gasteiger partial charge in [-0.2, -0.15) is 0 Å². The van der Waals surface area contributed by atoms with E-state index in [0.29, 0.717) is 22.8 Å². The summed E-state index contributed by atoms with van der Waals surface area (Å²) in [5, 5.41) is 15.9. The summed E-state index contributed by atoms with van der Waals surface area (Å²) < 4.78 is 5.20. The molecule has 0 unspecified atom stereocenters. The molecule has 0 radical (unpaired) electrons. The third-order valence-corrected chi connectivity index (χ3v) is 5.98. The normalized spacial score (nSPS) is 10.3. The van der Waals surface area contributed by atoms with Crippen molar-refractivity contribution in [2.45, 2.75) is 0 Å². The maximum absolute atomic E-state index is 11.9. The third kappa shape index (κ3) is 6.03. The molecule has 4 aromatic carbocycles. The average Bonchev–Trinajstić information content (AvgIpc) is 2.99. The molecule has 0 aliphatic carbocycles. The van der Waals surface area contributed by atoms with Crippen LogP contribution in [0.3, 0.4) is 0 Å². The molecule has 6 rings (SSSR count). The first-order valence-corrected chi connectivity index (χ1v) is 12.4. The molecule has 0 aliphatic rings. The number of carbonyl (C=O) groups excluding carboxylic acids is 1. The van der Waals surface area contributed by atoms with Gasteiger partial charge in [0.25, 0.3) is 0 Å². The number of benzene rings is 4. The number of anilines is 3. The summed E-state index contributed by atoms with van der Waals surface area (Å²) in [6.07, 6.45) is 5.31. The molecule has 0 bridgehead atoms. The number of hydrogen-bond acceptors (Lipinski definition) is 5. The van der Waals surface area contributed by atoms with Gasteiger partial charge in [-0.25, -0.2) is 14.5 Å². The highest BCUT2D eigenvalue weighted by Crippen LogP contribution is 2.32. The van der Waals surface area contributed by atoms with Crippen molar-refractivity contribution in [2.75, 3.05) is 10.2 Å². The summed E-state index contributed by atoms with van der Waals surface area (Å²) in [4.78, 5) is 32.9. The highest BCUT2D eigenvalue weighted by Gasteiger charge is 2.18. The standard InChI is InChI=1S/2C16H12N2O2/c19-16(20-13-6-2-1-3-7-13)18-15-8-4-5-12-11-17-10-9-14(12)15;19-16(20)18(13-6-2-1-3-7-13)15-8-4-5-12-11-17-10-9-14(12)15/h1-11H,(H,18,19);1-11H,(H,19,20). The van der Waals surface area contributed by atoms with Gasteiger partial charge in [-0.05, 0) is 48.5 Å². The van der Waals surface area contributed by atoms with Crippen molar-refractivity contribution in [1.82, 2.24) is 9.97 Å². The van der Waals surface area contributed by atoms with Crippen molar-refractivity contribution in [2.24, 2.45) is 0 Å². The van der Waals surface area contributed by atoms with E-state index in [1.807, 2.05) is 78.9 Å². The summed E-state index contributed by atoms with van der Waals surface area (Å²) in [5.74, 6) is 0.506. The zero-order valence-corrected chi connectivity index (χ0v) is 21.2. The van der Waals surface area contributed by atoms with E-state index in [0.717, 1.165) is 21.5 Å². The largest absolute Gasteiger partial charge is 0.464 e. The van der Waals surface area contributed by atoms with E-state index in [9.17, 15) is 14.7 Å². The van der Waals surface area contributed by atoms with Gasteiger partial charge in [0.05, 0.1) is 17.1 Å². The molecular weight excluding hydrogens is 504 g/mol. The Morgan fingerprint density at radius 2 is 1.27 bits per heavy atom. The van der Waals surface area contributed by atoms with Crippen LogP contribution in [-0.2, 0) is 0 Å². The molecule has 6 aromatic rings. The van der Waals surface area contributed by atoms with E-state index in [2.05, 4.69) is 15.3 Å². The number of fused-ring (bicyclic) bond motifs is 2. The van der Waals surface area contributed by atoms with Gasteiger partial charge >= 0.3 is 12.2 Å². The van der Waals surface area contributed by atoms with Crippen LogP contribution >= 0.6 is 0 Å². The lowest BCUT2D eigenvalue weighted by Crippen LogP contribution is -2.23. The van der Waals surface area contributed by atoms with E-state index in [4.69, 9.17) is 4.74 Å². The van der Waals surface area contributed by atoms with Crippen LogP contribution in [0.4, 0.5) is 26.7 Å². The number of nitrogens with zero attached hydrogens (tertiary/aromatic N) is 3. The lowest BCUT2D eigenvalue weighted by atomic mass is 10.1. The number of hydrogen-bond donors (Lipinski definition) is 2. The predicted octanol–water partition coefficient (Wildman–Crippen LogP) is 7.90. The predicted molar refractivity (Wildman–Crippen MR) is 156 cm³/mol. The number of nitrogens with one attached hydrogen (secondary N) is 1. The van der Waals surface area contributed by atoms with Crippen LogP contribution < -0.4 is 15.0 Å². The van der Waals surface area contributed by atoms with E-state index in [-0.39, 0.29) is 0 Å². The third-order valence-electron chi connectivity index (χ3n) is 5.98. The molecule has 0 fully saturated rings. The topological polar surface area (TPSA) is 105 Å². The van der Waals surface area contributed by atoms with Crippen LogP contribution in [0.2, 0.25) is 0 Å². The summed E-state index contributed by atoms with van der Waals surface area (Å²) in [6, 6.07) is 32.8. The molecule has 8 heteroatoms. The second-order valence-corrected chi connectivity index (χ2v) is 8.56. The second kappa shape index (κ2) is 12.2. The average molecular weight is 529 g/mol. The smallest absolute Gasteiger partial charge is 0.417 e. The van der Waals surface area contributed by atoms with Gasteiger partial charge in [0.1, 0.15) is 5.75 Å². The van der Waals surface area contributed by atoms with Crippen LogP contribution in [0.15, 0.2) is 134 Å². The van der Waals surface area contributed by atoms with Gasteiger partial charge in [0, 0.05) is 46.3 Å². The molecule has 0 spiro atoms. The number of carboxylic acid groups (broad SMARTS) is 1. The molecule has 40 heavy (non-hydrogen) atoms. The van der Waals surface area contributed by atoms with Crippen molar-refractivity contribution < 1.29 is 19.4 Å². The Balaban J connectivity index is 0.000000161. The number of carbonyl (C=O) groups is 2. The quantitative estimate of drug-likeness (QED) is 0.241. The maximum Gasteiger partial charge on any atom is 0.417 e. The number of amides is 2. The minimum atomic E-state index is -1.01. The lowest BCUT2D eigenvalue weighted by molar-refractivity contribution is 0.204. The lowest BCUT2D eigenvalue weighted by Gasteiger charge is -2.21. The van der Waals surface area contributed by atoms with E-state index >= 15 is 0 Å². The highest BCUT2D eigenvalue weighted by atomic mass is 16.6. The van der Waals surface area contributed by atoms with Crippen LogP contribution in [0.25, 0.3) is 21.5 Å². The van der Waals surface area contributed by atoms with Crippen LogP contribution in [0, 0.1) is 0 Å². The monoisotopic (exact) mass is 528 g/mol. The van der Waals surface area contributed by atoms with E-state index in [1.165, 1.54) is 4.90 Å². The summed E-state index contributed by atoms with van der Waals surface area (Å²) >= 11 is 0. The molecule has 0 aliphatic heterocycles. The fraction of sp³-hybridized carbons (Fsp3) is 0. The fourth-order valence-electron chi connectivity index (χ4n) is 4.19. The van der Waals surface area contributed by atoms with Crippen molar-refractivity contribution in [3.8, 4) is 5.75 Å². The molecule has 2 aromatic heterocycles. The van der Waals surface area contributed by atoms with Gasteiger partial charge in [-0.3, -0.25) is 15.3 Å². The summed E-state index contributed by atoms with van der Waals surface area (Å²) in [7, 11) is 0. The van der Waals surface area contributed by atoms with Crippen molar-refractivity contribution in [3.63, 3.8) is 0 Å². The summed E-state index contributed by atoms with van der Waals surface area (Å²) in [6.45, 7) is 0. The number of aromatic nitrogens is 2. The molecule has 8 nitrogen and oxygen atoms in total. The molecule has 2 amide bonds. The molecule has 0 saturated carbocycles.